The van der Waals surface area contributed by atoms with Crippen LogP contribution in [0.4, 0.5) is 4.79 Å². The summed E-state index contributed by atoms with van der Waals surface area (Å²) in [6, 6.07) is 5.48. The van der Waals surface area contributed by atoms with Crippen molar-refractivity contribution in [3.05, 3.63) is 34.3 Å². The lowest BCUT2D eigenvalue weighted by molar-refractivity contribution is -0.141. The molecule has 5 nitrogen and oxygen atoms in total. The molecule has 0 aliphatic carbocycles. The fraction of sp³-hybridized carbons (Fsp3) is 0.529. The molecule has 0 spiro atoms. The highest BCUT2D eigenvalue weighted by Crippen LogP contribution is 2.35. The largest absolute Gasteiger partial charge is 0.481 e. The Hall–Kier alpha value is -1.75. The molecular formula is C17H22ClNO4. The van der Waals surface area contributed by atoms with Crippen LogP contribution in [0.5, 0.6) is 0 Å². The van der Waals surface area contributed by atoms with Crippen LogP contribution in [0.25, 0.3) is 0 Å². The average Bonchev–Trinajstić information content (AvgIpc) is 2.85. The number of aliphatic carboxylic acids is 1. The van der Waals surface area contributed by atoms with Crippen LogP contribution < -0.4 is 0 Å². The molecule has 1 aliphatic rings. The number of carboxylic acid groups (broad SMARTS) is 1. The van der Waals surface area contributed by atoms with E-state index in [1.165, 1.54) is 4.90 Å². The molecule has 23 heavy (non-hydrogen) atoms. The topological polar surface area (TPSA) is 66.8 Å². The number of benzene rings is 1. The van der Waals surface area contributed by atoms with Crippen LogP contribution in [0.15, 0.2) is 18.2 Å². The smallest absolute Gasteiger partial charge is 0.410 e. The van der Waals surface area contributed by atoms with Crippen molar-refractivity contribution in [2.24, 2.45) is 5.92 Å². The number of hydrogen-bond donors (Lipinski definition) is 1. The summed E-state index contributed by atoms with van der Waals surface area (Å²) in [7, 11) is 0. The van der Waals surface area contributed by atoms with Gasteiger partial charge in [-0.2, -0.15) is 0 Å². The number of carbonyl (C=O) groups is 2. The summed E-state index contributed by atoms with van der Waals surface area (Å²) in [6.45, 7) is 7.72. The van der Waals surface area contributed by atoms with Gasteiger partial charge in [0.05, 0.1) is 5.92 Å². The first-order valence-corrected chi connectivity index (χ1v) is 7.93. The lowest BCUT2D eigenvalue weighted by Gasteiger charge is -2.24. The zero-order chi connectivity index (χ0) is 17.4. The van der Waals surface area contributed by atoms with Gasteiger partial charge in [0.15, 0.2) is 0 Å². The zero-order valence-corrected chi connectivity index (χ0v) is 14.6. The Morgan fingerprint density at radius 2 is 1.96 bits per heavy atom. The number of aryl methyl sites for hydroxylation is 1. The van der Waals surface area contributed by atoms with Crippen LogP contribution in [0.1, 0.15) is 37.8 Å². The molecule has 126 valence electrons. The highest BCUT2D eigenvalue weighted by atomic mass is 35.5. The third-order valence-electron chi connectivity index (χ3n) is 3.90. The van der Waals surface area contributed by atoms with E-state index < -0.39 is 23.6 Å². The molecule has 1 aromatic carbocycles. The number of amides is 1. The summed E-state index contributed by atoms with van der Waals surface area (Å²) in [5.41, 5.74) is 1.17. The molecule has 6 heteroatoms. The summed E-state index contributed by atoms with van der Waals surface area (Å²) in [6.07, 6.45) is -0.475. The number of likely N-dealkylation sites (tertiary alicyclic amines) is 1. The van der Waals surface area contributed by atoms with E-state index >= 15 is 0 Å². The lowest BCUT2D eigenvalue weighted by Crippen LogP contribution is -2.35. The van der Waals surface area contributed by atoms with Gasteiger partial charge in [0.2, 0.25) is 0 Å². The van der Waals surface area contributed by atoms with Crippen molar-refractivity contribution in [1.82, 2.24) is 4.90 Å². The second kappa shape index (κ2) is 6.40. The molecule has 0 aromatic heterocycles. The third-order valence-corrected chi connectivity index (χ3v) is 4.32. The van der Waals surface area contributed by atoms with E-state index in [1.54, 1.807) is 26.8 Å². The summed E-state index contributed by atoms with van der Waals surface area (Å²) in [5, 5.41) is 10.1. The maximum Gasteiger partial charge on any atom is 0.410 e. The highest BCUT2D eigenvalue weighted by molar-refractivity contribution is 6.31. The van der Waals surface area contributed by atoms with Crippen LogP contribution in [0.3, 0.4) is 0 Å². The van der Waals surface area contributed by atoms with Gasteiger partial charge < -0.3 is 14.7 Å². The molecule has 1 fully saturated rings. The van der Waals surface area contributed by atoms with E-state index in [-0.39, 0.29) is 12.5 Å². The number of rotatable bonds is 2. The van der Waals surface area contributed by atoms with Gasteiger partial charge in [0.1, 0.15) is 5.60 Å². The Balaban J connectivity index is 2.23. The second-order valence-electron chi connectivity index (χ2n) is 6.95. The van der Waals surface area contributed by atoms with Gasteiger partial charge >= 0.3 is 12.1 Å². The standard InChI is InChI=1S/C17H22ClNO4/c1-10-7-11(5-6-14(10)18)12-8-19(9-13(12)15(20)21)16(22)23-17(2,3)4/h5-7,12-13H,8-9H2,1-4H3,(H,20,21)/t12-,13+/m0/s1. The zero-order valence-electron chi connectivity index (χ0n) is 13.8. The minimum Gasteiger partial charge on any atom is -0.481 e. The molecule has 2 atom stereocenters. The van der Waals surface area contributed by atoms with E-state index in [2.05, 4.69) is 0 Å². The minimum atomic E-state index is -0.909. The van der Waals surface area contributed by atoms with Crippen molar-refractivity contribution in [1.29, 1.82) is 0 Å². The molecule has 1 saturated heterocycles. The fourth-order valence-electron chi connectivity index (χ4n) is 2.77. The van der Waals surface area contributed by atoms with E-state index in [9.17, 15) is 14.7 Å². The molecule has 1 aromatic rings. The Bertz CT molecular complexity index is 624. The van der Waals surface area contributed by atoms with Crippen molar-refractivity contribution in [3.63, 3.8) is 0 Å². The summed E-state index contributed by atoms with van der Waals surface area (Å²) in [5.74, 6) is -1.83. The van der Waals surface area contributed by atoms with Gasteiger partial charge in [-0.05, 0) is 44.9 Å². The van der Waals surface area contributed by atoms with Crippen molar-refractivity contribution < 1.29 is 19.4 Å². The van der Waals surface area contributed by atoms with E-state index in [0.29, 0.717) is 11.6 Å². The van der Waals surface area contributed by atoms with Crippen LogP contribution in [0.2, 0.25) is 5.02 Å². The maximum absolute atomic E-state index is 12.2. The van der Waals surface area contributed by atoms with Crippen molar-refractivity contribution in [2.45, 2.75) is 39.2 Å². The highest BCUT2D eigenvalue weighted by Gasteiger charge is 2.41. The number of hydrogen-bond acceptors (Lipinski definition) is 3. The first-order valence-electron chi connectivity index (χ1n) is 7.55. The second-order valence-corrected chi connectivity index (χ2v) is 7.35. The maximum atomic E-state index is 12.2. The number of nitrogens with zero attached hydrogens (tertiary/aromatic N) is 1. The summed E-state index contributed by atoms with van der Waals surface area (Å²) >= 11 is 6.04. The van der Waals surface area contributed by atoms with E-state index in [1.807, 2.05) is 19.1 Å². The predicted octanol–water partition coefficient (Wildman–Crippen LogP) is 3.68. The summed E-state index contributed by atoms with van der Waals surface area (Å²) < 4.78 is 5.35. The number of carbonyl (C=O) groups excluding carboxylic acids is 1. The van der Waals surface area contributed by atoms with Crippen molar-refractivity contribution in [2.75, 3.05) is 13.1 Å². The van der Waals surface area contributed by atoms with Gasteiger partial charge in [-0.3, -0.25) is 4.79 Å². The van der Waals surface area contributed by atoms with E-state index in [0.717, 1.165) is 11.1 Å². The molecule has 0 unspecified atom stereocenters. The Kier molecular flexibility index (Phi) is 4.90. The fourth-order valence-corrected chi connectivity index (χ4v) is 2.88. The first kappa shape index (κ1) is 17.6. The first-order chi connectivity index (χ1) is 10.6. The van der Waals surface area contributed by atoms with Crippen LogP contribution >= 0.6 is 11.6 Å². The Morgan fingerprint density at radius 1 is 1.30 bits per heavy atom. The quantitative estimate of drug-likeness (QED) is 0.892. The molecular weight excluding hydrogens is 318 g/mol. The van der Waals surface area contributed by atoms with Gasteiger partial charge in [-0.1, -0.05) is 23.7 Å². The third kappa shape index (κ3) is 4.16. The number of halogens is 1. The minimum absolute atomic E-state index is 0.149. The van der Waals surface area contributed by atoms with Gasteiger partial charge in [-0.15, -0.1) is 0 Å². The Morgan fingerprint density at radius 3 is 2.48 bits per heavy atom. The Labute approximate surface area is 141 Å². The normalized spacial score (nSPS) is 21.3. The van der Waals surface area contributed by atoms with Crippen molar-refractivity contribution in [3.8, 4) is 0 Å². The van der Waals surface area contributed by atoms with Crippen LogP contribution in [0, 0.1) is 12.8 Å². The van der Waals surface area contributed by atoms with E-state index in [4.69, 9.17) is 16.3 Å². The monoisotopic (exact) mass is 339 g/mol. The van der Waals surface area contributed by atoms with Crippen molar-refractivity contribution >= 4 is 23.7 Å². The molecule has 1 N–H and O–H groups in total. The predicted molar refractivity (Wildman–Crippen MR) is 87.9 cm³/mol. The average molecular weight is 340 g/mol. The summed E-state index contributed by atoms with van der Waals surface area (Å²) in [4.78, 5) is 25.3. The van der Waals surface area contributed by atoms with Gasteiger partial charge in [0, 0.05) is 24.0 Å². The van der Waals surface area contributed by atoms with Gasteiger partial charge in [0.25, 0.3) is 0 Å². The molecule has 0 saturated carbocycles. The molecule has 0 bridgehead atoms. The molecule has 1 aliphatic heterocycles. The SMILES string of the molecule is Cc1cc([C@@H]2CN(C(=O)OC(C)(C)C)C[C@H]2C(=O)O)ccc1Cl. The molecule has 1 heterocycles. The van der Waals surface area contributed by atoms with Crippen LogP contribution in [-0.2, 0) is 9.53 Å². The molecule has 0 radical (unpaired) electrons. The molecule has 1 amide bonds. The molecule has 2 rings (SSSR count). The number of carboxylic acids is 1. The number of ether oxygens (including phenoxy) is 1. The van der Waals surface area contributed by atoms with Gasteiger partial charge in [-0.25, -0.2) is 4.79 Å². The van der Waals surface area contributed by atoms with Crippen LogP contribution in [-0.4, -0.2) is 40.8 Å². The lowest BCUT2D eigenvalue weighted by atomic mass is 9.88.